The molecule has 5 atom stereocenters. The number of benzene rings is 1. The summed E-state index contributed by atoms with van der Waals surface area (Å²) in [5.74, 6) is 2.00. The molecule has 1 heteroatoms. The molecule has 4 bridgehead atoms. The quantitative estimate of drug-likeness (QED) is 0.631. The topological polar surface area (TPSA) is 17.1 Å². The molecule has 4 saturated carbocycles. The van der Waals surface area contributed by atoms with Crippen molar-refractivity contribution >= 4 is 5.78 Å². The summed E-state index contributed by atoms with van der Waals surface area (Å²) in [5.41, 5.74) is 6.06. The summed E-state index contributed by atoms with van der Waals surface area (Å²) in [7, 11) is 0. The molecule has 23 heavy (non-hydrogen) atoms. The van der Waals surface area contributed by atoms with E-state index >= 15 is 0 Å². The van der Waals surface area contributed by atoms with Crippen molar-refractivity contribution in [3.63, 3.8) is 0 Å². The number of aryl methyl sites for hydroxylation is 1. The summed E-state index contributed by atoms with van der Waals surface area (Å²) in [5, 5.41) is 0. The Morgan fingerprint density at radius 3 is 2.52 bits per heavy atom. The maximum absolute atomic E-state index is 13.0. The molecule has 5 rings (SSSR count). The number of hydrogen-bond donors (Lipinski definition) is 0. The minimum atomic E-state index is -0.183. The van der Waals surface area contributed by atoms with Gasteiger partial charge in [0.25, 0.3) is 0 Å². The van der Waals surface area contributed by atoms with Crippen LogP contribution in [0.1, 0.15) is 64.0 Å². The van der Waals surface area contributed by atoms with Gasteiger partial charge in [-0.2, -0.15) is 0 Å². The van der Waals surface area contributed by atoms with Crippen LogP contribution in [-0.2, 0) is 4.79 Å². The van der Waals surface area contributed by atoms with Gasteiger partial charge in [-0.1, -0.05) is 49.3 Å². The van der Waals surface area contributed by atoms with Gasteiger partial charge >= 0.3 is 0 Å². The molecule has 1 aromatic carbocycles. The zero-order valence-electron chi connectivity index (χ0n) is 15.1. The largest absolute Gasteiger partial charge is 0.299 e. The smallest absolute Gasteiger partial charge is 0.139 e. The van der Waals surface area contributed by atoms with E-state index in [0.717, 1.165) is 12.8 Å². The summed E-state index contributed by atoms with van der Waals surface area (Å²) in [4.78, 5) is 13.0. The molecule has 0 aromatic heterocycles. The number of carbonyl (C=O) groups excluding carboxylic acids is 1. The summed E-state index contributed by atoms with van der Waals surface area (Å²) in [6.45, 7) is 11.5. The zero-order valence-corrected chi connectivity index (χ0v) is 15.1. The van der Waals surface area contributed by atoms with Gasteiger partial charge in [0.1, 0.15) is 5.78 Å². The Labute approximate surface area is 140 Å². The zero-order chi connectivity index (χ0) is 16.6. The molecule has 1 aromatic rings. The van der Waals surface area contributed by atoms with Gasteiger partial charge in [0.05, 0.1) is 0 Å². The van der Waals surface area contributed by atoms with Crippen molar-refractivity contribution in [1.82, 2.24) is 0 Å². The van der Waals surface area contributed by atoms with Gasteiger partial charge in [0.2, 0.25) is 0 Å². The predicted octanol–water partition coefficient (Wildman–Crippen LogP) is 5.44. The van der Waals surface area contributed by atoms with E-state index in [9.17, 15) is 4.79 Å². The van der Waals surface area contributed by atoms with Crippen molar-refractivity contribution in [2.45, 2.75) is 59.8 Å². The van der Waals surface area contributed by atoms with Gasteiger partial charge in [-0.15, -0.1) is 0 Å². The molecule has 122 valence electrons. The third-order valence-electron chi connectivity index (χ3n) is 7.35. The molecule has 0 N–H and O–H groups in total. The Hall–Kier alpha value is -1.37. The van der Waals surface area contributed by atoms with Crippen molar-refractivity contribution in [3.05, 3.63) is 46.5 Å². The molecule has 0 unspecified atom stereocenters. The average Bonchev–Trinajstić information content (AvgIpc) is 2.69. The highest BCUT2D eigenvalue weighted by Crippen LogP contribution is 2.73. The van der Waals surface area contributed by atoms with Gasteiger partial charge in [-0.3, -0.25) is 4.79 Å². The highest BCUT2D eigenvalue weighted by atomic mass is 16.1. The van der Waals surface area contributed by atoms with Crippen LogP contribution in [-0.4, -0.2) is 5.78 Å². The Morgan fingerprint density at radius 2 is 1.87 bits per heavy atom. The van der Waals surface area contributed by atoms with Crippen molar-refractivity contribution < 1.29 is 4.79 Å². The van der Waals surface area contributed by atoms with Gasteiger partial charge in [-0.05, 0) is 62.0 Å². The number of allylic oxidation sites excluding steroid dienone is 2. The molecule has 4 aliphatic carbocycles. The first kappa shape index (κ1) is 15.2. The molecular formula is C22H28O. The molecule has 0 amide bonds. The van der Waals surface area contributed by atoms with Crippen LogP contribution in [0.15, 0.2) is 35.4 Å². The summed E-state index contributed by atoms with van der Waals surface area (Å²) >= 11 is 0. The second-order valence-corrected chi connectivity index (χ2v) is 9.04. The van der Waals surface area contributed by atoms with E-state index in [1.165, 1.54) is 23.1 Å². The van der Waals surface area contributed by atoms with Crippen LogP contribution in [0.5, 0.6) is 0 Å². The highest BCUT2D eigenvalue weighted by Gasteiger charge is 2.67. The molecule has 4 aliphatic rings. The van der Waals surface area contributed by atoms with Gasteiger partial charge in [0, 0.05) is 17.8 Å². The van der Waals surface area contributed by atoms with Crippen molar-refractivity contribution in [2.24, 2.45) is 22.7 Å². The number of carbonyl (C=O) groups is 1. The van der Waals surface area contributed by atoms with E-state index < -0.39 is 0 Å². The summed E-state index contributed by atoms with van der Waals surface area (Å²) in [6, 6.07) is 8.75. The molecule has 4 fully saturated rings. The number of fused-ring (bicyclic) bond motifs is 1. The lowest BCUT2D eigenvalue weighted by Gasteiger charge is -2.57. The van der Waals surface area contributed by atoms with E-state index in [1.807, 2.05) is 0 Å². The number of hydrogen-bond acceptors (Lipinski definition) is 1. The fraction of sp³-hybridized carbons (Fsp3) is 0.591. The molecule has 0 saturated heterocycles. The van der Waals surface area contributed by atoms with E-state index in [2.05, 4.69) is 58.9 Å². The van der Waals surface area contributed by atoms with E-state index in [4.69, 9.17) is 0 Å². The molecule has 1 nitrogen and oxygen atoms in total. The maximum atomic E-state index is 13.0. The molecule has 0 heterocycles. The van der Waals surface area contributed by atoms with E-state index in [-0.39, 0.29) is 5.41 Å². The molecule has 0 spiro atoms. The number of ketones is 1. The standard InChI is InChI=1S/C22H28O/c1-13(2)16-11-21(4)12-22(5)18(23)10-17(21)19(16)20(22)15-9-7-6-8-14(15)3/h6-9,17,19-20H,10-12H2,1-5H3/t17-,19-,20+,21-,22+/m1/s1. The van der Waals surface area contributed by atoms with Crippen LogP contribution < -0.4 is 0 Å². The van der Waals surface area contributed by atoms with E-state index in [1.54, 1.807) is 5.57 Å². The normalized spacial score (nSPS) is 41.5. The summed E-state index contributed by atoms with van der Waals surface area (Å²) < 4.78 is 0. The number of Topliss-reactive ketones (excluding diaryl/α,β-unsaturated/α-hetero) is 1. The monoisotopic (exact) mass is 308 g/mol. The molecular weight excluding hydrogens is 280 g/mol. The fourth-order valence-corrected chi connectivity index (χ4v) is 6.39. The van der Waals surface area contributed by atoms with Gasteiger partial charge in [0.15, 0.2) is 0 Å². The second kappa shape index (κ2) is 4.59. The lowest BCUT2D eigenvalue weighted by molar-refractivity contribution is -0.150. The predicted molar refractivity (Wildman–Crippen MR) is 94.3 cm³/mol. The Morgan fingerprint density at radius 1 is 1.17 bits per heavy atom. The first-order valence-electron chi connectivity index (χ1n) is 9.03. The van der Waals surface area contributed by atoms with Gasteiger partial charge in [-0.25, -0.2) is 0 Å². The van der Waals surface area contributed by atoms with Crippen LogP contribution in [0.4, 0.5) is 0 Å². The Kier molecular flexibility index (Phi) is 3.03. The van der Waals surface area contributed by atoms with E-state index in [0.29, 0.717) is 29.0 Å². The third-order valence-corrected chi connectivity index (χ3v) is 7.35. The second-order valence-electron chi connectivity index (χ2n) is 9.04. The van der Waals surface area contributed by atoms with Crippen LogP contribution in [0.25, 0.3) is 0 Å². The molecule has 0 aliphatic heterocycles. The van der Waals surface area contributed by atoms with Crippen LogP contribution >= 0.6 is 0 Å². The highest BCUT2D eigenvalue weighted by molar-refractivity contribution is 5.89. The number of rotatable bonds is 1. The maximum Gasteiger partial charge on any atom is 0.139 e. The average molecular weight is 308 g/mol. The Bertz CT molecular complexity index is 723. The first-order valence-corrected chi connectivity index (χ1v) is 9.03. The third kappa shape index (κ3) is 1.83. The summed E-state index contributed by atoms with van der Waals surface area (Å²) in [6.07, 6.45) is 3.07. The lowest BCUT2D eigenvalue weighted by atomic mass is 9.45. The minimum Gasteiger partial charge on any atom is -0.299 e. The van der Waals surface area contributed by atoms with Crippen LogP contribution in [0, 0.1) is 29.6 Å². The first-order chi connectivity index (χ1) is 10.8. The van der Waals surface area contributed by atoms with Crippen molar-refractivity contribution in [2.75, 3.05) is 0 Å². The van der Waals surface area contributed by atoms with Crippen LogP contribution in [0.2, 0.25) is 0 Å². The Balaban J connectivity index is 1.96. The van der Waals surface area contributed by atoms with Crippen molar-refractivity contribution in [1.29, 1.82) is 0 Å². The van der Waals surface area contributed by atoms with Gasteiger partial charge < -0.3 is 0 Å². The lowest BCUT2D eigenvalue weighted by Crippen LogP contribution is -2.55. The van der Waals surface area contributed by atoms with Crippen molar-refractivity contribution in [3.8, 4) is 0 Å². The minimum absolute atomic E-state index is 0.183. The molecule has 0 radical (unpaired) electrons. The van der Waals surface area contributed by atoms with Crippen LogP contribution in [0.3, 0.4) is 0 Å². The fourth-order valence-electron chi connectivity index (χ4n) is 6.39. The SMILES string of the molecule is CC(C)=C1C[C@]2(C)C[C@@]3(C)C(=O)C[C@@H]2[C@@H]1[C@@H]3c1ccccc1C.